The van der Waals surface area contributed by atoms with Crippen molar-refractivity contribution in [2.75, 3.05) is 19.7 Å². The molecule has 1 heterocycles. The van der Waals surface area contributed by atoms with Gasteiger partial charge in [0.25, 0.3) is 17.1 Å². The molecule has 2 aromatic rings. The van der Waals surface area contributed by atoms with Crippen LogP contribution in [0.3, 0.4) is 0 Å². The maximum absolute atomic E-state index is 13.0. The summed E-state index contributed by atoms with van der Waals surface area (Å²) in [5.74, 6) is -0.814. The van der Waals surface area contributed by atoms with Crippen molar-refractivity contribution in [1.29, 1.82) is 5.26 Å². The van der Waals surface area contributed by atoms with E-state index in [-0.39, 0.29) is 30.4 Å². The molecular formula is C21H16FN3O4S. The summed E-state index contributed by atoms with van der Waals surface area (Å²) < 4.78 is 18.3. The number of rotatable bonds is 7. The maximum atomic E-state index is 13.0. The normalized spacial score (nSPS) is 14.7. The minimum Gasteiger partial charge on any atom is -0.484 e. The number of carbonyl (C=O) groups is 3. The second kappa shape index (κ2) is 9.71. The van der Waals surface area contributed by atoms with E-state index in [2.05, 4.69) is 5.32 Å². The standard InChI is InChI=1S/C21H16FN3O4S/c22-16-5-1-14(2-6-16)11-18-20(27)25(21(28)30-18)10-9-24-19(26)13-29-17-7-3-15(12-23)4-8-17/h1-8,11H,9-10,13H2,(H,24,26)/b18-11-. The molecular weight excluding hydrogens is 409 g/mol. The molecule has 1 aliphatic rings. The first-order valence-electron chi connectivity index (χ1n) is 8.87. The Morgan fingerprint density at radius 1 is 1.17 bits per heavy atom. The number of amides is 3. The summed E-state index contributed by atoms with van der Waals surface area (Å²) in [5, 5.41) is 10.9. The van der Waals surface area contributed by atoms with Crippen molar-refractivity contribution in [2.24, 2.45) is 0 Å². The quantitative estimate of drug-likeness (QED) is 0.685. The van der Waals surface area contributed by atoms with Gasteiger partial charge in [-0.3, -0.25) is 19.3 Å². The smallest absolute Gasteiger partial charge is 0.293 e. The van der Waals surface area contributed by atoms with Crippen LogP contribution in [0, 0.1) is 17.1 Å². The Kier molecular flexibility index (Phi) is 6.83. The van der Waals surface area contributed by atoms with E-state index in [0.29, 0.717) is 16.9 Å². The molecule has 1 fully saturated rings. The molecule has 0 spiro atoms. The number of benzene rings is 2. The highest BCUT2D eigenvalue weighted by molar-refractivity contribution is 8.18. The minimum absolute atomic E-state index is 0.0219. The highest BCUT2D eigenvalue weighted by atomic mass is 32.2. The molecule has 3 rings (SSSR count). The van der Waals surface area contributed by atoms with Crippen molar-refractivity contribution >= 4 is 34.9 Å². The molecule has 152 valence electrons. The number of thioether (sulfide) groups is 1. The number of ether oxygens (including phenoxy) is 1. The number of halogens is 1. The third-order valence-electron chi connectivity index (χ3n) is 4.05. The average Bonchev–Trinajstić information content (AvgIpc) is 3.01. The molecule has 0 atom stereocenters. The van der Waals surface area contributed by atoms with Crippen LogP contribution in [-0.2, 0) is 9.59 Å². The average molecular weight is 425 g/mol. The zero-order chi connectivity index (χ0) is 21.5. The van der Waals surface area contributed by atoms with Crippen LogP contribution in [0.4, 0.5) is 9.18 Å². The Morgan fingerprint density at radius 3 is 2.53 bits per heavy atom. The Labute approximate surface area is 176 Å². The Morgan fingerprint density at radius 2 is 1.87 bits per heavy atom. The minimum atomic E-state index is -0.461. The van der Waals surface area contributed by atoms with Crippen molar-refractivity contribution in [3.63, 3.8) is 0 Å². The first kappa shape index (κ1) is 21.1. The summed E-state index contributed by atoms with van der Waals surface area (Å²) in [5.41, 5.74) is 1.09. The molecule has 2 aromatic carbocycles. The molecule has 0 aromatic heterocycles. The number of imide groups is 1. The van der Waals surface area contributed by atoms with Gasteiger partial charge in [0.15, 0.2) is 6.61 Å². The van der Waals surface area contributed by atoms with E-state index in [1.807, 2.05) is 6.07 Å². The zero-order valence-corrected chi connectivity index (χ0v) is 16.4. The fraction of sp³-hybridized carbons (Fsp3) is 0.143. The van der Waals surface area contributed by atoms with E-state index >= 15 is 0 Å². The van der Waals surface area contributed by atoms with Gasteiger partial charge in [-0.05, 0) is 59.8 Å². The zero-order valence-electron chi connectivity index (χ0n) is 15.6. The van der Waals surface area contributed by atoms with Gasteiger partial charge in [0.05, 0.1) is 16.5 Å². The van der Waals surface area contributed by atoms with Crippen LogP contribution in [0.2, 0.25) is 0 Å². The molecule has 3 amide bonds. The third-order valence-corrected chi connectivity index (χ3v) is 4.96. The van der Waals surface area contributed by atoms with Gasteiger partial charge >= 0.3 is 0 Å². The molecule has 1 N–H and O–H groups in total. The summed E-state index contributed by atoms with van der Waals surface area (Å²) in [6.07, 6.45) is 1.52. The van der Waals surface area contributed by atoms with Gasteiger partial charge in [-0.1, -0.05) is 12.1 Å². The van der Waals surface area contributed by atoms with Crippen molar-refractivity contribution in [1.82, 2.24) is 10.2 Å². The monoisotopic (exact) mass is 425 g/mol. The van der Waals surface area contributed by atoms with Gasteiger partial charge in [0.1, 0.15) is 11.6 Å². The first-order chi connectivity index (χ1) is 14.5. The number of nitrogens with zero attached hydrogens (tertiary/aromatic N) is 2. The Bertz CT molecular complexity index is 1030. The van der Waals surface area contributed by atoms with Gasteiger partial charge in [-0.15, -0.1) is 0 Å². The number of hydrogen-bond acceptors (Lipinski definition) is 6. The van der Waals surface area contributed by atoms with E-state index in [1.165, 1.54) is 30.3 Å². The van der Waals surface area contributed by atoms with Gasteiger partial charge in [-0.25, -0.2) is 4.39 Å². The number of nitrogens with one attached hydrogen (secondary N) is 1. The van der Waals surface area contributed by atoms with Gasteiger partial charge < -0.3 is 10.1 Å². The number of nitriles is 1. The number of carbonyl (C=O) groups excluding carboxylic acids is 3. The maximum Gasteiger partial charge on any atom is 0.293 e. The summed E-state index contributed by atoms with van der Waals surface area (Å²) in [4.78, 5) is 37.7. The predicted molar refractivity (Wildman–Crippen MR) is 109 cm³/mol. The van der Waals surface area contributed by atoms with Gasteiger partial charge in [0.2, 0.25) is 0 Å². The van der Waals surface area contributed by atoms with E-state index in [0.717, 1.165) is 16.7 Å². The van der Waals surface area contributed by atoms with Gasteiger partial charge in [0, 0.05) is 13.1 Å². The summed E-state index contributed by atoms with van der Waals surface area (Å²) in [7, 11) is 0. The van der Waals surface area contributed by atoms with Crippen LogP contribution in [0.1, 0.15) is 11.1 Å². The molecule has 0 saturated carbocycles. The Hall–Kier alpha value is -3.64. The molecule has 1 saturated heterocycles. The van der Waals surface area contributed by atoms with E-state index < -0.39 is 17.1 Å². The summed E-state index contributed by atoms with van der Waals surface area (Å²) in [6, 6.07) is 13.9. The topological polar surface area (TPSA) is 99.5 Å². The van der Waals surface area contributed by atoms with Crippen molar-refractivity contribution in [2.45, 2.75) is 0 Å². The first-order valence-corrected chi connectivity index (χ1v) is 9.68. The van der Waals surface area contributed by atoms with Crippen LogP contribution in [0.15, 0.2) is 53.4 Å². The molecule has 0 unspecified atom stereocenters. The van der Waals surface area contributed by atoms with E-state index in [1.54, 1.807) is 24.3 Å². The molecule has 9 heteroatoms. The highest BCUT2D eigenvalue weighted by Crippen LogP contribution is 2.31. The molecule has 7 nitrogen and oxygen atoms in total. The fourth-order valence-electron chi connectivity index (χ4n) is 2.54. The van der Waals surface area contributed by atoms with E-state index in [4.69, 9.17) is 10.00 Å². The summed E-state index contributed by atoms with van der Waals surface area (Å²) >= 11 is 0.795. The second-order valence-electron chi connectivity index (χ2n) is 6.16. The largest absolute Gasteiger partial charge is 0.484 e. The lowest BCUT2D eigenvalue weighted by Crippen LogP contribution is -2.38. The molecule has 1 aliphatic heterocycles. The molecule has 0 aliphatic carbocycles. The van der Waals surface area contributed by atoms with Crippen LogP contribution in [0.5, 0.6) is 5.75 Å². The molecule has 30 heavy (non-hydrogen) atoms. The van der Waals surface area contributed by atoms with Crippen LogP contribution in [0.25, 0.3) is 6.08 Å². The summed E-state index contributed by atoms with van der Waals surface area (Å²) in [6.45, 7) is -0.135. The van der Waals surface area contributed by atoms with Crippen molar-refractivity contribution in [3.05, 3.63) is 70.4 Å². The van der Waals surface area contributed by atoms with Gasteiger partial charge in [-0.2, -0.15) is 5.26 Å². The number of hydrogen-bond donors (Lipinski definition) is 1. The lowest BCUT2D eigenvalue weighted by atomic mass is 10.2. The fourth-order valence-corrected chi connectivity index (χ4v) is 3.40. The lowest BCUT2D eigenvalue weighted by molar-refractivity contribution is -0.125. The predicted octanol–water partition coefficient (Wildman–Crippen LogP) is 2.93. The lowest BCUT2D eigenvalue weighted by Gasteiger charge is -2.13. The van der Waals surface area contributed by atoms with Crippen LogP contribution >= 0.6 is 11.8 Å². The highest BCUT2D eigenvalue weighted by Gasteiger charge is 2.34. The third kappa shape index (κ3) is 5.46. The SMILES string of the molecule is N#Cc1ccc(OCC(=O)NCCN2C(=O)S/C(=C\c3ccc(F)cc3)C2=O)cc1. The van der Waals surface area contributed by atoms with Crippen molar-refractivity contribution < 1.29 is 23.5 Å². The van der Waals surface area contributed by atoms with Crippen molar-refractivity contribution in [3.8, 4) is 11.8 Å². The molecule has 0 bridgehead atoms. The van der Waals surface area contributed by atoms with E-state index in [9.17, 15) is 18.8 Å². The molecule has 0 radical (unpaired) electrons. The second-order valence-corrected chi connectivity index (χ2v) is 7.15. The Balaban J connectivity index is 1.46. The van der Waals surface area contributed by atoms with Crippen LogP contribution < -0.4 is 10.1 Å². The van der Waals surface area contributed by atoms with Crippen LogP contribution in [-0.4, -0.2) is 41.6 Å².